The van der Waals surface area contributed by atoms with Crippen LogP contribution in [0.3, 0.4) is 0 Å². The molecule has 2 aliphatic heterocycles. The second kappa shape index (κ2) is 7.63. The van der Waals surface area contributed by atoms with Gasteiger partial charge in [0.2, 0.25) is 11.8 Å². The lowest BCUT2D eigenvalue weighted by Gasteiger charge is -2.36. The number of benzene rings is 1. The fourth-order valence-electron chi connectivity index (χ4n) is 4.72. The van der Waals surface area contributed by atoms with Gasteiger partial charge in [-0.3, -0.25) is 9.59 Å². The number of hydrogen-bond donors (Lipinski definition) is 2. The number of aryl methyl sites for hydroxylation is 1. The predicted octanol–water partition coefficient (Wildman–Crippen LogP) is 2.27. The van der Waals surface area contributed by atoms with Crippen molar-refractivity contribution in [3.05, 3.63) is 40.2 Å². The van der Waals surface area contributed by atoms with E-state index in [2.05, 4.69) is 24.5 Å². The van der Waals surface area contributed by atoms with Crippen molar-refractivity contribution in [1.29, 1.82) is 0 Å². The van der Waals surface area contributed by atoms with E-state index in [1.54, 1.807) is 6.07 Å². The fourth-order valence-corrected chi connectivity index (χ4v) is 4.72. The first-order valence-electron chi connectivity index (χ1n) is 10.2. The molecule has 29 heavy (non-hydrogen) atoms. The number of nitrogens with one attached hydrogen (secondary N) is 2. The van der Waals surface area contributed by atoms with Gasteiger partial charge in [-0.25, -0.2) is 4.79 Å². The lowest BCUT2D eigenvalue weighted by atomic mass is 9.91. The second-order valence-corrected chi connectivity index (χ2v) is 8.57. The number of amides is 2. The van der Waals surface area contributed by atoms with Gasteiger partial charge in [0.25, 0.3) is 0 Å². The Hall–Kier alpha value is -2.67. The van der Waals surface area contributed by atoms with Crippen LogP contribution in [0.4, 0.5) is 5.69 Å². The minimum absolute atomic E-state index is 0.0630. The third-order valence-corrected chi connectivity index (χ3v) is 5.95. The molecule has 0 radical (unpaired) electrons. The maximum absolute atomic E-state index is 13.2. The first kappa shape index (κ1) is 19.6. The van der Waals surface area contributed by atoms with E-state index in [0.717, 1.165) is 23.9 Å². The van der Waals surface area contributed by atoms with Crippen LogP contribution < -0.4 is 16.3 Å². The summed E-state index contributed by atoms with van der Waals surface area (Å²) < 4.78 is 5.29. The molecule has 0 saturated carbocycles. The van der Waals surface area contributed by atoms with Crippen LogP contribution in [-0.2, 0) is 9.59 Å². The van der Waals surface area contributed by atoms with Crippen LogP contribution in [-0.4, -0.2) is 41.9 Å². The Morgan fingerprint density at radius 1 is 1.31 bits per heavy atom. The van der Waals surface area contributed by atoms with Crippen LogP contribution in [0.25, 0.3) is 11.0 Å². The van der Waals surface area contributed by atoms with Crippen LogP contribution in [0.15, 0.2) is 33.5 Å². The number of carbonyl (C=O) groups is 2. The van der Waals surface area contributed by atoms with Gasteiger partial charge in [0.1, 0.15) is 5.58 Å². The SMILES string of the molecule is Cc1cc(=O)oc2cc(NC(=O)[C@@H]3C[C@@H]4CNCC(=O)N4[C@@H]3CC(C)C)ccc12. The number of hydrogen-bond acceptors (Lipinski definition) is 5. The molecule has 3 heterocycles. The van der Waals surface area contributed by atoms with Crippen molar-refractivity contribution in [2.45, 2.75) is 45.7 Å². The summed E-state index contributed by atoms with van der Waals surface area (Å²) in [6, 6.07) is 6.79. The van der Waals surface area contributed by atoms with Crippen LogP contribution in [0, 0.1) is 18.8 Å². The monoisotopic (exact) mass is 397 g/mol. The Kier molecular flexibility index (Phi) is 5.17. The molecule has 0 aliphatic carbocycles. The van der Waals surface area contributed by atoms with Gasteiger partial charge >= 0.3 is 5.63 Å². The minimum atomic E-state index is -0.408. The first-order valence-corrected chi connectivity index (χ1v) is 10.2. The topological polar surface area (TPSA) is 91.6 Å². The van der Waals surface area contributed by atoms with E-state index in [1.165, 1.54) is 6.07 Å². The smallest absolute Gasteiger partial charge is 0.336 e. The van der Waals surface area contributed by atoms with Gasteiger partial charge in [0, 0.05) is 41.8 Å². The molecule has 2 aliphatic rings. The normalized spacial score (nSPS) is 24.2. The Balaban J connectivity index is 1.59. The molecular formula is C22H27N3O4. The molecule has 0 bridgehead atoms. The maximum Gasteiger partial charge on any atom is 0.336 e. The highest BCUT2D eigenvalue weighted by Crippen LogP contribution is 2.36. The number of carbonyl (C=O) groups excluding carboxylic acids is 2. The van der Waals surface area contributed by atoms with Crippen LogP contribution >= 0.6 is 0 Å². The van der Waals surface area contributed by atoms with Crippen molar-refractivity contribution < 1.29 is 14.0 Å². The van der Waals surface area contributed by atoms with Crippen molar-refractivity contribution in [2.75, 3.05) is 18.4 Å². The summed E-state index contributed by atoms with van der Waals surface area (Å²) in [6.45, 7) is 7.14. The minimum Gasteiger partial charge on any atom is -0.423 e. The average Bonchev–Trinajstić information content (AvgIpc) is 3.00. The standard InChI is InChI=1S/C22H27N3O4/c1-12(2)6-18-17(9-15-10-23-11-20(26)25(15)18)22(28)24-14-4-5-16-13(3)7-21(27)29-19(16)8-14/h4-5,7-8,12,15,17-18,23H,6,9-11H2,1-3H3,(H,24,28)/t15-,17-,18-/m1/s1. The maximum atomic E-state index is 13.2. The third-order valence-electron chi connectivity index (χ3n) is 5.95. The molecule has 2 saturated heterocycles. The molecule has 1 aromatic heterocycles. The lowest BCUT2D eigenvalue weighted by Crippen LogP contribution is -2.55. The van der Waals surface area contributed by atoms with Crippen LogP contribution in [0.5, 0.6) is 0 Å². The van der Waals surface area contributed by atoms with Crippen molar-refractivity contribution in [3.8, 4) is 0 Å². The number of piperazine rings is 1. The largest absolute Gasteiger partial charge is 0.423 e. The summed E-state index contributed by atoms with van der Waals surface area (Å²) in [5.74, 6) is 0.110. The number of fused-ring (bicyclic) bond motifs is 2. The molecule has 2 aromatic rings. The summed E-state index contributed by atoms with van der Waals surface area (Å²) in [6.07, 6.45) is 1.45. The van der Waals surface area contributed by atoms with E-state index in [1.807, 2.05) is 24.0 Å². The molecule has 2 fully saturated rings. The number of rotatable bonds is 4. The molecule has 2 N–H and O–H groups in total. The highest BCUT2D eigenvalue weighted by Gasteiger charge is 2.47. The van der Waals surface area contributed by atoms with E-state index in [-0.39, 0.29) is 29.8 Å². The van der Waals surface area contributed by atoms with E-state index >= 15 is 0 Å². The van der Waals surface area contributed by atoms with E-state index < -0.39 is 5.63 Å². The van der Waals surface area contributed by atoms with Gasteiger partial charge in [-0.15, -0.1) is 0 Å². The van der Waals surface area contributed by atoms with Crippen LogP contribution in [0.1, 0.15) is 32.3 Å². The highest BCUT2D eigenvalue weighted by atomic mass is 16.4. The molecule has 1 aromatic carbocycles. The third kappa shape index (κ3) is 3.79. The summed E-state index contributed by atoms with van der Waals surface area (Å²) in [4.78, 5) is 39.3. The molecule has 7 nitrogen and oxygen atoms in total. The van der Waals surface area contributed by atoms with Crippen LogP contribution in [0.2, 0.25) is 0 Å². The number of anilines is 1. The second-order valence-electron chi connectivity index (χ2n) is 8.57. The number of nitrogens with zero attached hydrogens (tertiary/aromatic N) is 1. The van der Waals surface area contributed by atoms with Gasteiger partial charge in [0.15, 0.2) is 0 Å². The molecule has 3 atom stereocenters. The van der Waals surface area contributed by atoms with E-state index in [4.69, 9.17) is 4.42 Å². The molecule has 0 spiro atoms. The van der Waals surface area contributed by atoms with Gasteiger partial charge in [-0.2, -0.15) is 0 Å². The molecule has 0 unspecified atom stereocenters. The van der Waals surface area contributed by atoms with Gasteiger partial charge < -0.3 is 20.0 Å². The van der Waals surface area contributed by atoms with Crippen molar-refractivity contribution >= 4 is 28.5 Å². The van der Waals surface area contributed by atoms with E-state index in [9.17, 15) is 14.4 Å². The first-order chi connectivity index (χ1) is 13.8. The van der Waals surface area contributed by atoms with Gasteiger partial charge in [0.05, 0.1) is 12.5 Å². The summed E-state index contributed by atoms with van der Waals surface area (Å²) in [5, 5.41) is 6.98. The molecular weight excluding hydrogens is 370 g/mol. The Labute approximate surface area is 169 Å². The Bertz CT molecular complexity index is 1010. The Morgan fingerprint density at radius 2 is 2.10 bits per heavy atom. The molecule has 7 heteroatoms. The van der Waals surface area contributed by atoms with Gasteiger partial charge in [-0.05, 0) is 43.4 Å². The van der Waals surface area contributed by atoms with E-state index in [0.29, 0.717) is 30.2 Å². The molecule has 4 rings (SSSR count). The summed E-state index contributed by atoms with van der Waals surface area (Å²) >= 11 is 0. The summed E-state index contributed by atoms with van der Waals surface area (Å²) in [7, 11) is 0. The zero-order valence-corrected chi connectivity index (χ0v) is 17.0. The predicted molar refractivity (Wildman–Crippen MR) is 111 cm³/mol. The molecule has 154 valence electrons. The zero-order chi connectivity index (χ0) is 20.7. The Morgan fingerprint density at radius 3 is 2.86 bits per heavy atom. The highest BCUT2D eigenvalue weighted by molar-refractivity contribution is 5.96. The van der Waals surface area contributed by atoms with Crippen molar-refractivity contribution in [1.82, 2.24) is 10.2 Å². The lowest BCUT2D eigenvalue weighted by molar-refractivity contribution is -0.136. The molecule has 2 amide bonds. The van der Waals surface area contributed by atoms with Crippen molar-refractivity contribution in [3.63, 3.8) is 0 Å². The fraction of sp³-hybridized carbons (Fsp3) is 0.500. The zero-order valence-electron chi connectivity index (χ0n) is 17.0. The van der Waals surface area contributed by atoms with Crippen molar-refractivity contribution in [2.24, 2.45) is 11.8 Å². The average molecular weight is 397 g/mol. The quantitative estimate of drug-likeness (QED) is 0.773. The van der Waals surface area contributed by atoms with Gasteiger partial charge in [-0.1, -0.05) is 13.8 Å². The summed E-state index contributed by atoms with van der Waals surface area (Å²) in [5.41, 5.74) is 1.47.